The smallest absolute Gasteiger partial charge is 0.299 e. The summed E-state index contributed by atoms with van der Waals surface area (Å²) >= 11 is 12.1. The molecule has 1 amide bonds. The second-order valence-corrected chi connectivity index (χ2v) is 5.74. The number of ketones is 1. The molecule has 3 rings (SSSR count). The Bertz CT molecular complexity index is 771. The lowest BCUT2D eigenvalue weighted by Crippen LogP contribution is -2.29. The molecule has 0 bridgehead atoms. The van der Waals surface area contributed by atoms with Gasteiger partial charge >= 0.3 is 0 Å². The van der Waals surface area contributed by atoms with E-state index in [1.54, 1.807) is 30.3 Å². The molecule has 0 atom stereocenters. The Kier molecular flexibility index (Phi) is 3.47. The number of rotatable bonds is 2. The van der Waals surface area contributed by atoms with Gasteiger partial charge in [0.1, 0.15) is 0 Å². The van der Waals surface area contributed by atoms with Crippen LogP contribution in [0.15, 0.2) is 36.4 Å². The van der Waals surface area contributed by atoms with Gasteiger partial charge in [-0.2, -0.15) is 0 Å². The highest BCUT2D eigenvalue weighted by Crippen LogP contribution is 2.33. The number of benzene rings is 2. The fourth-order valence-corrected chi connectivity index (χ4v) is 2.79. The van der Waals surface area contributed by atoms with Crippen LogP contribution in [0.5, 0.6) is 0 Å². The van der Waals surface area contributed by atoms with Crippen molar-refractivity contribution in [2.45, 2.75) is 13.5 Å². The van der Waals surface area contributed by atoms with Crippen LogP contribution in [0, 0.1) is 6.92 Å². The molecule has 1 aliphatic heterocycles. The molecule has 0 aromatic heterocycles. The Morgan fingerprint density at radius 1 is 1.10 bits per heavy atom. The number of fused-ring (bicyclic) bond motifs is 1. The van der Waals surface area contributed by atoms with E-state index in [0.29, 0.717) is 26.9 Å². The van der Waals surface area contributed by atoms with Gasteiger partial charge in [0.25, 0.3) is 11.7 Å². The van der Waals surface area contributed by atoms with Gasteiger partial charge in [-0.15, -0.1) is 0 Å². The van der Waals surface area contributed by atoms with E-state index < -0.39 is 11.7 Å². The van der Waals surface area contributed by atoms with Crippen LogP contribution in [-0.4, -0.2) is 11.7 Å². The lowest BCUT2D eigenvalue weighted by molar-refractivity contribution is -0.114. The monoisotopic (exact) mass is 319 g/mol. The first kappa shape index (κ1) is 14.1. The molecule has 1 heterocycles. The zero-order chi connectivity index (χ0) is 15.1. The molecular formula is C16H11Cl2NO2. The molecule has 0 spiro atoms. The van der Waals surface area contributed by atoms with Gasteiger partial charge in [0.2, 0.25) is 0 Å². The highest BCUT2D eigenvalue weighted by molar-refractivity contribution is 6.52. The Balaban J connectivity index is 2.03. The zero-order valence-corrected chi connectivity index (χ0v) is 12.7. The summed E-state index contributed by atoms with van der Waals surface area (Å²) in [4.78, 5) is 25.7. The molecule has 0 unspecified atom stereocenters. The number of amides is 1. The van der Waals surface area contributed by atoms with E-state index >= 15 is 0 Å². The number of hydrogen-bond acceptors (Lipinski definition) is 2. The Labute approximate surface area is 132 Å². The van der Waals surface area contributed by atoms with Gasteiger partial charge in [0.15, 0.2) is 0 Å². The minimum Gasteiger partial charge on any atom is -0.300 e. The fourth-order valence-electron chi connectivity index (χ4n) is 2.41. The van der Waals surface area contributed by atoms with Crippen LogP contribution in [0.1, 0.15) is 21.5 Å². The summed E-state index contributed by atoms with van der Waals surface area (Å²) in [5, 5.41) is 0.830. The van der Waals surface area contributed by atoms with Crippen LogP contribution in [-0.2, 0) is 11.3 Å². The highest BCUT2D eigenvalue weighted by atomic mass is 35.5. The Hall–Kier alpha value is -1.84. The third-order valence-electron chi connectivity index (χ3n) is 3.49. The molecule has 3 nitrogen and oxygen atoms in total. The van der Waals surface area contributed by atoms with Crippen LogP contribution in [0.4, 0.5) is 5.69 Å². The largest absolute Gasteiger partial charge is 0.300 e. The van der Waals surface area contributed by atoms with Gasteiger partial charge in [-0.25, -0.2) is 0 Å². The Morgan fingerprint density at radius 3 is 2.62 bits per heavy atom. The van der Waals surface area contributed by atoms with E-state index in [1.165, 1.54) is 4.90 Å². The summed E-state index contributed by atoms with van der Waals surface area (Å²) < 4.78 is 0. The minimum absolute atomic E-state index is 0.222. The van der Waals surface area contributed by atoms with Crippen LogP contribution in [0.3, 0.4) is 0 Å². The van der Waals surface area contributed by atoms with Crippen molar-refractivity contribution in [1.29, 1.82) is 0 Å². The summed E-state index contributed by atoms with van der Waals surface area (Å²) in [5.74, 6) is -1.02. The predicted octanol–water partition coefficient (Wildman–Crippen LogP) is 4.03. The molecule has 0 radical (unpaired) electrons. The van der Waals surface area contributed by atoms with E-state index in [4.69, 9.17) is 23.2 Å². The molecule has 2 aromatic rings. The molecule has 2 aromatic carbocycles. The van der Waals surface area contributed by atoms with Crippen molar-refractivity contribution in [2.75, 3.05) is 4.90 Å². The first-order valence-corrected chi connectivity index (χ1v) is 7.14. The predicted molar refractivity (Wildman–Crippen MR) is 83.2 cm³/mol. The standard InChI is InChI=1S/C16H11Cl2NO2/c1-9-5-6-13-11(7-9)15(20)16(21)19(13)8-10-3-2-4-12(17)14(10)18/h2-7H,8H2,1H3. The van der Waals surface area contributed by atoms with Crippen molar-refractivity contribution < 1.29 is 9.59 Å². The van der Waals surface area contributed by atoms with Gasteiger partial charge in [-0.1, -0.05) is 47.0 Å². The number of anilines is 1. The first-order valence-electron chi connectivity index (χ1n) is 6.39. The maximum Gasteiger partial charge on any atom is 0.299 e. The highest BCUT2D eigenvalue weighted by Gasteiger charge is 2.35. The molecule has 21 heavy (non-hydrogen) atoms. The summed E-state index contributed by atoms with van der Waals surface area (Å²) in [6, 6.07) is 10.6. The van der Waals surface area contributed by atoms with Gasteiger partial charge in [0.05, 0.1) is 27.8 Å². The van der Waals surface area contributed by atoms with Crippen molar-refractivity contribution in [3.63, 3.8) is 0 Å². The second-order valence-electron chi connectivity index (χ2n) is 4.95. The van der Waals surface area contributed by atoms with Crippen molar-refractivity contribution in [3.8, 4) is 0 Å². The summed E-state index contributed by atoms with van der Waals surface area (Å²) in [6.45, 7) is 2.11. The summed E-state index contributed by atoms with van der Waals surface area (Å²) in [5.41, 5.74) is 2.71. The molecule has 0 aliphatic carbocycles. The van der Waals surface area contributed by atoms with Crippen molar-refractivity contribution in [3.05, 3.63) is 63.1 Å². The normalized spacial score (nSPS) is 13.8. The number of hydrogen-bond donors (Lipinski definition) is 0. The maximum absolute atomic E-state index is 12.2. The quantitative estimate of drug-likeness (QED) is 0.784. The topological polar surface area (TPSA) is 37.4 Å². The third-order valence-corrected chi connectivity index (χ3v) is 4.34. The zero-order valence-electron chi connectivity index (χ0n) is 11.2. The minimum atomic E-state index is -0.536. The van der Waals surface area contributed by atoms with Crippen LogP contribution in [0.25, 0.3) is 0 Å². The van der Waals surface area contributed by atoms with Crippen molar-refractivity contribution in [2.24, 2.45) is 0 Å². The molecule has 1 aliphatic rings. The molecule has 106 valence electrons. The lowest BCUT2D eigenvalue weighted by atomic mass is 10.1. The average molecular weight is 320 g/mol. The number of aryl methyl sites for hydroxylation is 1. The number of Topliss-reactive ketones (excluding diaryl/α,β-unsaturated/α-hetero) is 1. The number of nitrogens with zero attached hydrogens (tertiary/aromatic N) is 1. The van der Waals surface area contributed by atoms with Gasteiger partial charge in [-0.05, 0) is 30.7 Å². The molecular weight excluding hydrogens is 309 g/mol. The SMILES string of the molecule is Cc1ccc2c(c1)C(=O)C(=O)N2Cc1cccc(Cl)c1Cl. The second kappa shape index (κ2) is 5.17. The van der Waals surface area contributed by atoms with E-state index in [0.717, 1.165) is 5.56 Å². The number of halogens is 2. The van der Waals surface area contributed by atoms with E-state index in [9.17, 15) is 9.59 Å². The van der Waals surface area contributed by atoms with E-state index in [-0.39, 0.29) is 6.54 Å². The molecule has 5 heteroatoms. The van der Waals surface area contributed by atoms with Crippen LogP contribution >= 0.6 is 23.2 Å². The van der Waals surface area contributed by atoms with E-state index in [1.807, 2.05) is 13.0 Å². The van der Waals surface area contributed by atoms with Gasteiger partial charge in [0, 0.05) is 0 Å². The maximum atomic E-state index is 12.2. The van der Waals surface area contributed by atoms with Crippen LogP contribution < -0.4 is 4.90 Å². The Morgan fingerprint density at radius 2 is 1.86 bits per heavy atom. The molecule has 0 fully saturated rings. The van der Waals surface area contributed by atoms with Gasteiger partial charge in [-0.3, -0.25) is 9.59 Å². The first-order chi connectivity index (χ1) is 9.99. The van der Waals surface area contributed by atoms with Gasteiger partial charge < -0.3 is 4.90 Å². The van der Waals surface area contributed by atoms with Crippen molar-refractivity contribution >= 4 is 40.6 Å². The summed E-state index contributed by atoms with van der Waals surface area (Å²) in [6.07, 6.45) is 0. The molecule has 0 saturated carbocycles. The molecule has 0 saturated heterocycles. The lowest BCUT2D eigenvalue weighted by Gasteiger charge is -2.17. The van der Waals surface area contributed by atoms with Crippen LogP contribution in [0.2, 0.25) is 10.0 Å². The third kappa shape index (κ3) is 2.33. The number of carbonyl (C=O) groups is 2. The fraction of sp³-hybridized carbons (Fsp3) is 0.125. The van der Waals surface area contributed by atoms with Crippen molar-refractivity contribution in [1.82, 2.24) is 0 Å². The molecule has 0 N–H and O–H groups in total. The van der Waals surface area contributed by atoms with E-state index in [2.05, 4.69) is 0 Å². The average Bonchev–Trinajstić information content (AvgIpc) is 2.69. The number of carbonyl (C=O) groups excluding carboxylic acids is 2. The summed E-state index contributed by atoms with van der Waals surface area (Å²) in [7, 11) is 0.